The maximum absolute atomic E-state index is 12.8. The lowest BCUT2D eigenvalue weighted by atomic mass is 10.1. The molecule has 8 heteroatoms. The fourth-order valence-electron chi connectivity index (χ4n) is 2.17. The molecule has 130 valence electrons. The van der Waals surface area contributed by atoms with Gasteiger partial charge in [0.2, 0.25) is 0 Å². The van der Waals surface area contributed by atoms with Crippen LogP contribution in [0, 0.1) is 15.9 Å². The van der Waals surface area contributed by atoms with Crippen LogP contribution in [0.1, 0.15) is 16.1 Å². The molecule has 3 aromatic rings. The van der Waals surface area contributed by atoms with Crippen LogP contribution in [0.3, 0.4) is 0 Å². The second-order valence-corrected chi connectivity index (χ2v) is 5.22. The first kappa shape index (κ1) is 17.0. The van der Waals surface area contributed by atoms with E-state index in [0.29, 0.717) is 17.1 Å². The molecule has 26 heavy (non-hydrogen) atoms. The number of nitro groups is 1. The van der Waals surface area contributed by atoms with Crippen LogP contribution < -0.4 is 5.43 Å². The zero-order chi connectivity index (χ0) is 18.5. The third kappa shape index (κ3) is 3.99. The molecule has 0 aliphatic carbocycles. The fraction of sp³-hybridized carbons (Fsp3) is 0. The van der Waals surface area contributed by atoms with Crippen LogP contribution in [0.4, 0.5) is 10.1 Å². The van der Waals surface area contributed by atoms with E-state index in [4.69, 9.17) is 4.42 Å². The van der Waals surface area contributed by atoms with Gasteiger partial charge < -0.3 is 4.42 Å². The van der Waals surface area contributed by atoms with Crippen LogP contribution in [-0.4, -0.2) is 17.0 Å². The standard InChI is InChI=1S/C18H12FN3O4/c19-14-6-4-12(5-7-14)18(23)21-20-11-16-8-9-17(26-16)13-2-1-3-15(10-13)22(24)25/h1-11H,(H,21,23)/b20-11+. The Bertz CT molecular complexity index is 980. The Morgan fingerprint density at radius 3 is 2.65 bits per heavy atom. The van der Waals surface area contributed by atoms with Gasteiger partial charge in [0.05, 0.1) is 11.1 Å². The molecular formula is C18H12FN3O4. The third-order valence-corrected chi connectivity index (χ3v) is 3.43. The van der Waals surface area contributed by atoms with Gasteiger partial charge in [-0.3, -0.25) is 14.9 Å². The Hall–Kier alpha value is -3.81. The quantitative estimate of drug-likeness (QED) is 0.429. The molecule has 0 bridgehead atoms. The summed E-state index contributed by atoms with van der Waals surface area (Å²) in [4.78, 5) is 22.2. The molecule has 1 amide bonds. The van der Waals surface area contributed by atoms with Crippen LogP contribution in [0.25, 0.3) is 11.3 Å². The number of halogens is 1. The van der Waals surface area contributed by atoms with Gasteiger partial charge in [-0.15, -0.1) is 0 Å². The van der Waals surface area contributed by atoms with Crippen LogP contribution in [0.2, 0.25) is 0 Å². The largest absolute Gasteiger partial charge is 0.455 e. The summed E-state index contributed by atoms with van der Waals surface area (Å²) >= 11 is 0. The van der Waals surface area contributed by atoms with Gasteiger partial charge in [-0.1, -0.05) is 12.1 Å². The van der Waals surface area contributed by atoms with Crippen LogP contribution >= 0.6 is 0 Å². The zero-order valence-corrected chi connectivity index (χ0v) is 13.3. The molecule has 1 aromatic heterocycles. The van der Waals surface area contributed by atoms with Crippen LogP contribution in [0.15, 0.2) is 70.2 Å². The number of nitro benzene ring substituents is 1. The van der Waals surface area contributed by atoms with Crippen molar-refractivity contribution in [1.82, 2.24) is 5.43 Å². The van der Waals surface area contributed by atoms with Gasteiger partial charge in [-0.25, -0.2) is 9.82 Å². The minimum absolute atomic E-state index is 0.0410. The number of carbonyl (C=O) groups is 1. The second kappa shape index (κ2) is 7.39. The Morgan fingerprint density at radius 1 is 1.15 bits per heavy atom. The van der Waals surface area contributed by atoms with Crippen molar-refractivity contribution < 1.29 is 18.5 Å². The topological polar surface area (TPSA) is 97.7 Å². The molecule has 0 aliphatic rings. The maximum Gasteiger partial charge on any atom is 0.271 e. The zero-order valence-electron chi connectivity index (χ0n) is 13.3. The molecule has 2 aromatic carbocycles. The van der Waals surface area contributed by atoms with E-state index in [1.165, 1.54) is 42.6 Å². The normalized spacial score (nSPS) is 10.8. The number of nitrogens with one attached hydrogen (secondary N) is 1. The molecule has 0 unspecified atom stereocenters. The average molecular weight is 353 g/mol. The first-order chi connectivity index (χ1) is 12.5. The van der Waals surface area contributed by atoms with Crippen LogP contribution in [-0.2, 0) is 0 Å². The van der Waals surface area contributed by atoms with E-state index in [1.807, 2.05) is 0 Å². The molecule has 1 heterocycles. The summed E-state index contributed by atoms with van der Waals surface area (Å²) in [6.07, 6.45) is 1.29. The molecular weight excluding hydrogens is 341 g/mol. The van der Waals surface area contributed by atoms with Crippen molar-refractivity contribution in [1.29, 1.82) is 0 Å². The summed E-state index contributed by atoms with van der Waals surface area (Å²) in [6, 6.07) is 14.3. The van der Waals surface area contributed by atoms with Crippen molar-refractivity contribution in [3.8, 4) is 11.3 Å². The molecule has 0 radical (unpaired) electrons. The van der Waals surface area contributed by atoms with Gasteiger partial charge in [0.25, 0.3) is 11.6 Å². The number of hydrogen-bond donors (Lipinski definition) is 1. The smallest absolute Gasteiger partial charge is 0.271 e. The molecule has 7 nitrogen and oxygen atoms in total. The number of hydrogen-bond acceptors (Lipinski definition) is 5. The molecule has 0 aliphatic heterocycles. The van der Waals surface area contributed by atoms with E-state index in [-0.39, 0.29) is 11.3 Å². The molecule has 0 fully saturated rings. The number of non-ortho nitro benzene ring substituents is 1. The number of hydrazone groups is 1. The molecule has 3 rings (SSSR count). The van der Waals surface area contributed by atoms with Gasteiger partial charge in [-0.2, -0.15) is 5.10 Å². The van der Waals surface area contributed by atoms with Crippen molar-refractivity contribution in [3.05, 3.63) is 87.9 Å². The van der Waals surface area contributed by atoms with Gasteiger partial charge in [0, 0.05) is 23.3 Å². The maximum atomic E-state index is 12.8. The van der Waals surface area contributed by atoms with Crippen molar-refractivity contribution in [2.75, 3.05) is 0 Å². The van der Waals surface area contributed by atoms with E-state index in [0.717, 1.165) is 0 Å². The number of amides is 1. The van der Waals surface area contributed by atoms with Crippen LogP contribution in [0.5, 0.6) is 0 Å². The van der Waals surface area contributed by atoms with Gasteiger partial charge in [0.15, 0.2) is 0 Å². The van der Waals surface area contributed by atoms with Gasteiger partial charge in [-0.05, 0) is 36.4 Å². The monoisotopic (exact) mass is 353 g/mol. The molecule has 0 saturated carbocycles. The van der Waals surface area contributed by atoms with E-state index in [2.05, 4.69) is 10.5 Å². The molecule has 1 N–H and O–H groups in total. The van der Waals surface area contributed by atoms with Gasteiger partial charge in [0.1, 0.15) is 17.3 Å². The third-order valence-electron chi connectivity index (χ3n) is 3.43. The highest BCUT2D eigenvalue weighted by atomic mass is 19.1. The van der Waals surface area contributed by atoms with Crippen molar-refractivity contribution in [2.45, 2.75) is 0 Å². The fourth-order valence-corrected chi connectivity index (χ4v) is 2.17. The minimum atomic E-state index is -0.494. The first-order valence-electron chi connectivity index (χ1n) is 7.46. The summed E-state index contributed by atoms with van der Waals surface area (Å²) in [5.74, 6) is -0.146. The average Bonchev–Trinajstić information content (AvgIpc) is 3.11. The Balaban J connectivity index is 1.67. The molecule has 0 atom stereocenters. The number of nitrogens with zero attached hydrogens (tertiary/aromatic N) is 2. The number of furan rings is 1. The van der Waals surface area contributed by atoms with E-state index >= 15 is 0 Å². The van der Waals surface area contributed by atoms with Crippen molar-refractivity contribution in [2.24, 2.45) is 5.10 Å². The Kier molecular flexibility index (Phi) is 4.84. The Morgan fingerprint density at radius 2 is 1.92 bits per heavy atom. The SMILES string of the molecule is O=C(N/N=C/c1ccc(-c2cccc([N+](=O)[O-])c2)o1)c1ccc(F)cc1. The highest BCUT2D eigenvalue weighted by molar-refractivity contribution is 5.94. The summed E-state index contributed by atoms with van der Waals surface area (Å²) in [6.45, 7) is 0. The van der Waals surface area contributed by atoms with Crippen molar-refractivity contribution in [3.63, 3.8) is 0 Å². The predicted molar refractivity (Wildman–Crippen MR) is 92.3 cm³/mol. The highest BCUT2D eigenvalue weighted by Gasteiger charge is 2.10. The Labute approximate surface area is 146 Å². The summed E-state index contributed by atoms with van der Waals surface area (Å²) in [5.41, 5.74) is 3.07. The molecule has 0 spiro atoms. The van der Waals surface area contributed by atoms with E-state index in [9.17, 15) is 19.3 Å². The lowest BCUT2D eigenvalue weighted by Gasteiger charge is -1.99. The van der Waals surface area contributed by atoms with E-state index in [1.54, 1.807) is 24.3 Å². The van der Waals surface area contributed by atoms with Gasteiger partial charge >= 0.3 is 0 Å². The van der Waals surface area contributed by atoms with E-state index < -0.39 is 16.6 Å². The lowest BCUT2D eigenvalue weighted by molar-refractivity contribution is -0.384. The highest BCUT2D eigenvalue weighted by Crippen LogP contribution is 2.25. The van der Waals surface area contributed by atoms with Crippen molar-refractivity contribution >= 4 is 17.8 Å². The lowest BCUT2D eigenvalue weighted by Crippen LogP contribution is -2.17. The minimum Gasteiger partial charge on any atom is -0.455 e. The predicted octanol–water partition coefficient (Wildman–Crippen LogP) is 3.76. The summed E-state index contributed by atoms with van der Waals surface area (Å²) in [7, 11) is 0. The summed E-state index contributed by atoms with van der Waals surface area (Å²) < 4.78 is 18.4. The first-order valence-corrected chi connectivity index (χ1v) is 7.46. The number of carbonyl (C=O) groups excluding carboxylic acids is 1. The number of rotatable bonds is 5. The number of benzene rings is 2. The molecule has 0 saturated heterocycles. The second-order valence-electron chi connectivity index (χ2n) is 5.22. The summed E-state index contributed by atoms with van der Waals surface area (Å²) in [5, 5.41) is 14.6.